The summed E-state index contributed by atoms with van der Waals surface area (Å²) in [5, 5.41) is 4.63. The van der Waals surface area contributed by atoms with Crippen LogP contribution >= 0.6 is 0 Å². The number of nitrogens with one attached hydrogen (secondary N) is 1. The second-order valence-corrected chi connectivity index (χ2v) is 6.76. The third-order valence-corrected chi connectivity index (χ3v) is 4.60. The quantitative estimate of drug-likeness (QED) is 0.526. The highest BCUT2D eigenvalue weighted by Crippen LogP contribution is 2.16. The Labute approximate surface area is 170 Å². The van der Waals surface area contributed by atoms with Crippen LogP contribution in [0, 0.1) is 6.92 Å². The van der Waals surface area contributed by atoms with Gasteiger partial charge in [-0.15, -0.1) is 0 Å². The fraction of sp³-hybridized carbons (Fsp3) is 0.136. The van der Waals surface area contributed by atoms with E-state index in [1.165, 1.54) is 10.7 Å². The van der Waals surface area contributed by atoms with Gasteiger partial charge in [-0.2, -0.15) is 5.10 Å². The lowest BCUT2D eigenvalue weighted by Gasteiger charge is -2.14. The van der Waals surface area contributed by atoms with E-state index < -0.39 is 17.5 Å². The van der Waals surface area contributed by atoms with Gasteiger partial charge in [0.2, 0.25) is 11.1 Å². The van der Waals surface area contributed by atoms with Crippen molar-refractivity contribution >= 4 is 16.9 Å². The Morgan fingerprint density at radius 1 is 1.07 bits per heavy atom. The lowest BCUT2D eigenvalue weighted by molar-refractivity contribution is 0.0309. The molecular formula is C22H18N4O4. The van der Waals surface area contributed by atoms with Crippen LogP contribution in [-0.2, 0) is 4.74 Å². The molecule has 0 radical (unpaired) electrons. The van der Waals surface area contributed by atoms with Gasteiger partial charge < -0.3 is 9.72 Å². The van der Waals surface area contributed by atoms with Gasteiger partial charge in [-0.3, -0.25) is 9.59 Å². The summed E-state index contributed by atoms with van der Waals surface area (Å²) >= 11 is 0. The zero-order chi connectivity index (χ0) is 21.3. The maximum atomic E-state index is 12.7. The third-order valence-electron chi connectivity index (χ3n) is 4.60. The minimum absolute atomic E-state index is 0.183. The molecule has 4 aromatic rings. The molecule has 0 saturated heterocycles. The number of hydrogen-bond donors (Lipinski definition) is 1. The van der Waals surface area contributed by atoms with Crippen molar-refractivity contribution in [2.24, 2.45) is 0 Å². The maximum Gasteiger partial charge on any atom is 0.363 e. The van der Waals surface area contributed by atoms with E-state index in [4.69, 9.17) is 4.74 Å². The summed E-state index contributed by atoms with van der Waals surface area (Å²) in [6.45, 7) is 3.29. The van der Waals surface area contributed by atoms with E-state index in [0.29, 0.717) is 22.3 Å². The van der Waals surface area contributed by atoms with Crippen molar-refractivity contribution in [3.8, 4) is 5.69 Å². The molecule has 0 aliphatic rings. The van der Waals surface area contributed by atoms with Gasteiger partial charge in [0.1, 0.15) is 0 Å². The maximum absolute atomic E-state index is 12.7. The van der Waals surface area contributed by atoms with E-state index in [1.807, 2.05) is 30.3 Å². The van der Waals surface area contributed by atoms with E-state index in [0.717, 1.165) is 0 Å². The molecular weight excluding hydrogens is 384 g/mol. The van der Waals surface area contributed by atoms with Gasteiger partial charge in [0.15, 0.2) is 11.9 Å². The lowest BCUT2D eigenvalue weighted by Crippen LogP contribution is -2.25. The smallest absolute Gasteiger partial charge is 0.363 e. The highest BCUT2D eigenvalue weighted by Gasteiger charge is 2.21. The largest absolute Gasteiger partial charge is 0.450 e. The van der Waals surface area contributed by atoms with Crippen LogP contribution in [-0.4, -0.2) is 25.7 Å². The Bertz CT molecular complexity index is 1360. The molecule has 4 rings (SSSR count). The van der Waals surface area contributed by atoms with E-state index >= 15 is 0 Å². The van der Waals surface area contributed by atoms with Gasteiger partial charge in [-0.25, -0.2) is 14.5 Å². The third kappa shape index (κ3) is 3.62. The van der Waals surface area contributed by atoms with Crippen molar-refractivity contribution < 1.29 is 9.53 Å². The van der Waals surface area contributed by atoms with Crippen molar-refractivity contribution in [3.63, 3.8) is 0 Å². The van der Waals surface area contributed by atoms with Crippen LogP contribution in [0.5, 0.6) is 0 Å². The van der Waals surface area contributed by atoms with Gasteiger partial charge in [-0.05, 0) is 38.1 Å². The molecule has 2 aromatic carbocycles. The normalized spacial score (nSPS) is 11.9. The van der Waals surface area contributed by atoms with Gasteiger partial charge in [-0.1, -0.05) is 30.3 Å². The van der Waals surface area contributed by atoms with Crippen LogP contribution < -0.4 is 11.0 Å². The summed E-state index contributed by atoms with van der Waals surface area (Å²) in [6, 6.07) is 17.3. The topological polar surface area (TPSA) is 107 Å². The van der Waals surface area contributed by atoms with Crippen molar-refractivity contribution in [2.45, 2.75) is 20.0 Å². The first-order valence-electron chi connectivity index (χ1n) is 9.30. The molecule has 0 saturated carbocycles. The number of fused-ring (bicyclic) bond motifs is 1. The molecule has 0 spiro atoms. The number of benzene rings is 2. The number of aryl methyl sites for hydroxylation is 1. The Morgan fingerprint density at radius 2 is 1.77 bits per heavy atom. The van der Waals surface area contributed by atoms with Crippen molar-refractivity contribution in [1.29, 1.82) is 0 Å². The summed E-state index contributed by atoms with van der Waals surface area (Å²) in [5.74, 6) is -0.712. The molecule has 0 amide bonds. The summed E-state index contributed by atoms with van der Waals surface area (Å²) in [5.41, 5.74) is 0.544. The van der Waals surface area contributed by atoms with Gasteiger partial charge >= 0.3 is 5.97 Å². The predicted molar refractivity (Wildman–Crippen MR) is 111 cm³/mol. The predicted octanol–water partition coefficient (Wildman–Crippen LogP) is 2.70. The molecule has 30 heavy (non-hydrogen) atoms. The average molecular weight is 402 g/mol. The van der Waals surface area contributed by atoms with Gasteiger partial charge in [0.25, 0.3) is 5.56 Å². The number of esters is 1. The fourth-order valence-electron chi connectivity index (χ4n) is 3.09. The number of carbonyl (C=O) groups excluding carboxylic acids is 1. The Morgan fingerprint density at radius 3 is 2.53 bits per heavy atom. The standard InChI is InChI=1S/C22H18N4O4/c1-13-12-18(27)19(25-26(13)15-8-4-3-5-9-15)22(29)30-14(2)20-23-17-11-7-6-10-16(17)21(28)24-20/h3-12,14H,1-2H3,(H,23,24,28). The molecule has 1 atom stereocenters. The lowest BCUT2D eigenvalue weighted by atomic mass is 10.2. The number of ether oxygens (including phenoxy) is 1. The summed E-state index contributed by atoms with van der Waals surface area (Å²) in [6.07, 6.45) is -0.887. The highest BCUT2D eigenvalue weighted by molar-refractivity contribution is 5.87. The highest BCUT2D eigenvalue weighted by atomic mass is 16.5. The van der Waals surface area contributed by atoms with E-state index in [-0.39, 0.29) is 17.1 Å². The van der Waals surface area contributed by atoms with Crippen LogP contribution in [0.3, 0.4) is 0 Å². The fourth-order valence-corrected chi connectivity index (χ4v) is 3.09. The monoisotopic (exact) mass is 402 g/mol. The van der Waals surface area contributed by atoms with E-state index in [2.05, 4.69) is 15.1 Å². The van der Waals surface area contributed by atoms with E-state index in [9.17, 15) is 14.4 Å². The van der Waals surface area contributed by atoms with Crippen LogP contribution in [0.2, 0.25) is 0 Å². The van der Waals surface area contributed by atoms with Gasteiger partial charge in [0.05, 0.1) is 16.6 Å². The SMILES string of the molecule is Cc1cc(=O)c(C(=O)OC(C)c2nc3ccccc3c(=O)[nH]2)nn1-c1ccccc1. The molecule has 1 N–H and O–H groups in total. The zero-order valence-electron chi connectivity index (χ0n) is 16.3. The van der Waals surface area contributed by atoms with Crippen molar-refractivity contribution in [2.75, 3.05) is 0 Å². The molecule has 1 unspecified atom stereocenters. The summed E-state index contributed by atoms with van der Waals surface area (Å²) < 4.78 is 6.89. The van der Waals surface area contributed by atoms with Crippen molar-refractivity contribution in [3.05, 3.63) is 98.5 Å². The first-order valence-corrected chi connectivity index (χ1v) is 9.30. The molecule has 0 fully saturated rings. The average Bonchev–Trinajstić information content (AvgIpc) is 2.74. The molecule has 2 heterocycles. The number of H-pyrrole nitrogens is 1. The second-order valence-electron chi connectivity index (χ2n) is 6.76. The van der Waals surface area contributed by atoms with Crippen molar-refractivity contribution in [1.82, 2.24) is 19.7 Å². The van der Waals surface area contributed by atoms with Crippen LogP contribution in [0.15, 0.2) is 70.3 Å². The molecule has 0 bridgehead atoms. The molecule has 8 heteroatoms. The zero-order valence-corrected chi connectivity index (χ0v) is 16.3. The summed E-state index contributed by atoms with van der Waals surface area (Å²) in [4.78, 5) is 44.3. The Balaban J connectivity index is 1.66. The minimum atomic E-state index is -0.895. The first kappa shape index (κ1) is 19.3. The number of carbonyl (C=O) groups is 1. The number of rotatable bonds is 4. The first-order chi connectivity index (χ1) is 14.4. The van der Waals surface area contributed by atoms with Crippen LogP contribution in [0.4, 0.5) is 0 Å². The number of nitrogens with zero attached hydrogens (tertiary/aromatic N) is 3. The van der Waals surface area contributed by atoms with Crippen LogP contribution in [0.1, 0.15) is 35.0 Å². The molecule has 8 nitrogen and oxygen atoms in total. The number of hydrogen-bond acceptors (Lipinski definition) is 6. The second kappa shape index (κ2) is 7.75. The number of aromatic nitrogens is 4. The Hall–Kier alpha value is -4.07. The summed E-state index contributed by atoms with van der Waals surface area (Å²) in [7, 11) is 0. The van der Waals surface area contributed by atoms with Gasteiger partial charge in [0, 0.05) is 11.8 Å². The molecule has 0 aliphatic carbocycles. The number of aromatic amines is 1. The minimum Gasteiger partial charge on any atom is -0.450 e. The molecule has 0 aliphatic heterocycles. The Kier molecular flexibility index (Phi) is 4.97. The molecule has 2 aromatic heterocycles. The molecule has 150 valence electrons. The van der Waals surface area contributed by atoms with E-state index in [1.54, 1.807) is 38.1 Å². The van der Waals surface area contributed by atoms with Crippen LogP contribution in [0.25, 0.3) is 16.6 Å². The number of para-hydroxylation sites is 2.